The fourth-order valence-corrected chi connectivity index (χ4v) is 2.97. The van der Waals surface area contributed by atoms with Crippen molar-refractivity contribution in [3.05, 3.63) is 52.8 Å². The van der Waals surface area contributed by atoms with Gasteiger partial charge < -0.3 is 10.2 Å². The first-order valence-electron chi connectivity index (χ1n) is 8.26. The van der Waals surface area contributed by atoms with Gasteiger partial charge in [0.05, 0.1) is 0 Å². The Bertz CT molecular complexity index is 797. The number of aliphatic imine (C=N–C) groups is 1. The predicted octanol–water partition coefficient (Wildman–Crippen LogP) is 2.42. The lowest BCUT2D eigenvalue weighted by Gasteiger charge is -2.31. The van der Waals surface area contributed by atoms with Crippen molar-refractivity contribution in [3.63, 3.8) is 0 Å². The molecule has 2 N–H and O–H groups in total. The molecular weight excluding hydrogens is 332 g/mol. The van der Waals surface area contributed by atoms with Crippen LogP contribution in [0.25, 0.3) is 0 Å². The van der Waals surface area contributed by atoms with Gasteiger partial charge in [0.25, 0.3) is 0 Å². The summed E-state index contributed by atoms with van der Waals surface area (Å²) in [7, 11) is 1.77. The van der Waals surface area contributed by atoms with E-state index in [0.717, 1.165) is 30.9 Å². The van der Waals surface area contributed by atoms with Crippen LogP contribution in [-0.4, -0.2) is 39.5 Å². The molecule has 0 atom stereocenters. The average Bonchev–Trinajstić information content (AvgIpc) is 2.59. The van der Waals surface area contributed by atoms with E-state index in [9.17, 15) is 0 Å². The van der Waals surface area contributed by atoms with Gasteiger partial charge >= 0.3 is 0 Å². The molecule has 7 heteroatoms. The first-order valence-corrected chi connectivity index (χ1v) is 8.67. The molecule has 0 unspecified atom stereocenters. The van der Waals surface area contributed by atoms with Crippen LogP contribution < -0.4 is 10.6 Å². The van der Waals surface area contributed by atoms with Crippen molar-refractivity contribution in [1.82, 2.24) is 20.2 Å². The Morgan fingerprint density at radius 3 is 2.52 bits per heavy atom. The van der Waals surface area contributed by atoms with E-state index in [2.05, 4.69) is 54.8 Å². The fraction of sp³-hybridized carbons (Fsp3) is 0.333. The van der Waals surface area contributed by atoms with Gasteiger partial charge in [-0.25, -0.2) is 9.97 Å². The van der Waals surface area contributed by atoms with Crippen molar-refractivity contribution in [3.8, 4) is 0 Å². The Hall–Kier alpha value is -2.54. The molecular formula is C18H22N6S. The molecule has 0 aliphatic carbocycles. The smallest absolute Gasteiger partial charge is 0.229 e. The molecule has 1 aliphatic rings. The molecule has 130 valence electrons. The Balaban J connectivity index is 1.88. The second-order valence-electron chi connectivity index (χ2n) is 6.03. The number of aryl methyl sites for hydroxylation is 2. The molecule has 25 heavy (non-hydrogen) atoms. The van der Waals surface area contributed by atoms with Crippen LogP contribution in [0.5, 0.6) is 0 Å². The number of thiocarbonyl (C=S) groups is 1. The first-order chi connectivity index (χ1) is 12.0. The number of aromatic nitrogens is 2. The van der Waals surface area contributed by atoms with E-state index in [1.54, 1.807) is 7.05 Å². The van der Waals surface area contributed by atoms with Crippen LogP contribution in [0, 0.1) is 13.8 Å². The standard InChI is InChI=1S/C18H22N6S/c1-12-10-13(2)21-16(20-12)22-17(23-18(25)19-3)24-9-8-14-6-4-5-7-15(14)11-24/h4-7,10H,8-9,11H2,1-3H3,(H2,19,20,21,22,23,25). The molecule has 1 aromatic heterocycles. The maximum Gasteiger partial charge on any atom is 0.229 e. The van der Waals surface area contributed by atoms with Crippen LogP contribution in [-0.2, 0) is 13.0 Å². The Morgan fingerprint density at radius 1 is 1.16 bits per heavy atom. The number of rotatable bonds is 1. The van der Waals surface area contributed by atoms with Gasteiger partial charge in [0.1, 0.15) is 0 Å². The third kappa shape index (κ3) is 4.30. The summed E-state index contributed by atoms with van der Waals surface area (Å²) in [6.45, 7) is 5.54. The number of anilines is 1. The Labute approximate surface area is 153 Å². The highest BCUT2D eigenvalue weighted by atomic mass is 32.1. The number of fused-ring (bicyclic) bond motifs is 1. The van der Waals surface area contributed by atoms with E-state index in [-0.39, 0.29) is 0 Å². The van der Waals surface area contributed by atoms with Gasteiger partial charge in [-0.1, -0.05) is 24.3 Å². The van der Waals surface area contributed by atoms with Crippen LogP contribution >= 0.6 is 12.2 Å². The summed E-state index contributed by atoms with van der Waals surface area (Å²) in [6, 6.07) is 10.4. The fourth-order valence-electron chi connectivity index (χ4n) is 2.89. The van der Waals surface area contributed by atoms with E-state index in [0.29, 0.717) is 17.0 Å². The van der Waals surface area contributed by atoms with Crippen LogP contribution in [0.15, 0.2) is 35.3 Å². The highest BCUT2D eigenvalue weighted by Crippen LogP contribution is 2.19. The topological polar surface area (TPSA) is 65.4 Å². The number of hydrogen-bond acceptors (Lipinski definition) is 3. The molecule has 0 saturated carbocycles. The summed E-state index contributed by atoms with van der Waals surface area (Å²) >= 11 is 5.24. The second-order valence-corrected chi connectivity index (χ2v) is 6.42. The molecule has 2 heterocycles. The maximum atomic E-state index is 5.24. The largest absolute Gasteiger partial charge is 0.364 e. The molecule has 1 aliphatic heterocycles. The number of nitrogens with zero attached hydrogens (tertiary/aromatic N) is 4. The van der Waals surface area contributed by atoms with Crippen molar-refractivity contribution in [2.75, 3.05) is 18.9 Å². The van der Waals surface area contributed by atoms with Gasteiger partial charge in [-0.2, -0.15) is 4.99 Å². The number of hydrogen-bond donors (Lipinski definition) is 2. The van der Waals surface area contributed by atoms with Crippen molar-refractivity contribution < 1.29 is 0 Å². The van der Waals surface area contributed by atoms with Gasteiger partial charge in [-0.15, -0.1) is 0 Å². The zero-order valence-electron chi connectivity index (χ0n) is 14.7. The van der Waals surface area contributed by atoms with Gasteiger partial charge in [-0.3, -0.25) is 5.32 Å². The minimum atomic E-state index is 0.422. The van der Waals surface area contributed by atoms with Crippen LogP contribution in [0.3, 0.4) is 0 Å². The highest BCUT2D eigenvalue weighted by Gasteiger charge is 2.20. The second kappa shape index (κ2) is 7.57. The SMILES string of the molecule is CNC(=S)/N=C(/Nc1nc(C)cc(C)n1)N1CCc2ccccc2C1. The van der Waals surface area contributed by atoms with Crippen molar-refractivity contribution in [2.24, 2.45) is 4.99 Å². The van der Waals surface area contributed by atoms with Gasteiger partial charge in [0, 0.05) is 31.5 Å². The summed E-state index contributed by atoms with van der Waals surface area (Å²) in [5.41, 5.74) is 4.51. The van der Waals surface area contributed by atoms with Crippen LogP contribution in [0.4, 0.5) is 5.95 Å². The molecule has 0 radical (unpaired) electrons. The normalized spacial score (nSPS) is 14.0. The molecule has 0 saturated heterocycles. The number of guanidine groups is 1. The molecule has 2 aromatic rings. The summed E-state index contributed by atoms with van der Waals surface area (Å²) < 4.78 is 0. The first kappa shape index (κ1) is 17.3. The van der Waals surface area contributed by atoms with Gasteiger partial charge in [0.15, 0.2) is 5.11 Å². The van der Waals surface area contributed by atoms with Crippen LogP contribution in [0.1, 0.15) is 22.5 Å². The van der Waals surface area contributed by atoms with Crippen LogP contribution in [0.2, 0.25) is 0 Å². The maximum absolute atomic E-state index is 5.24. The lowest BCUT2D eigenvalue weighted by atomic mass is 10.0. The van der Waals surface area contributed by atoms with E-state index >= 15 is 0 Å². The Kier molecular flexibility index (Phi) is 5.23. The molecule has 0 fully saturated rings. The molecule has 1 aromatic carbocycles. The van der Waals surface area contributed by atoms with E-state index in [1.807, 2.05) is 19.9 Å². The zero-order valence-corrected chi connectivity index (χ0v) is 15.5. The minimum Gasteiger partial charge on any atom is -0.364 e. The summed E-state index contributed by atoms with van der Waals surface area (Å²) in [6.07, 6.45) is 0.969. The zero-order chi connectivity index (χ0) is 17.8. The highest BCUT2D eigenvalue weighted by molar-refractivity contribution is 7.80. The Morgan fingerprint density at radius 2 is 1.84 bits per heavy atom. The average molecular weight is 354 g/mol. The quantitative estimate of drug-likeness (QED) is 0.466. The monoisotopic (exact) mass is 354 g/mol. The molecule has 0 spiro atoms. The van der Waals surface area contributed by atoms with Gasteiger partial charge in [-0.05, 0) is 49.7 Å². The molecule has 0 bridgehead atoms. The lowest BCUT2D eigenvalue weighted by Crippen LogP contribution is -2.41. The number of nitrogens with one attached hydrogen (secondary N) is 2. The lowest BCUT2D eigenvalue weighted by molar-refractivity contribution is 0.393. The summed E-state index contributed by atoms with van der Waals surface area (Å²) in [5, 5.41) is 6.57. The van der Waals surface area contributed by atoms with E-state index < -0.39 is 0 Å². The summed E-state index contributed by atoms with van der Waals surface area (Å²) in [4.78, 5) is 15.6. The summed E-state index contributed by atoms with van der Waals surface area (Å²) in [5.74, 6) is 1.20. The third-order valence-electron chi connectivity index (χ3n) is 4.06. The third-order valence-corrected chi connectivity index (χ3v) is 4.35. The van der Waals surface area contributed by atoms with E-state index in [4.69, 9.17) is 12.2 Å². The van der Waals surface area contributed by atoms with Crippen molar-refractivity contribution in [2.45, 2.75) is 26.8 Å². The number of benzene rings is 1. The minimum absolute atomic E-state index is 0.422. The predicted molar refractivity (Wildman–Crippen MR) is 105 cm³/mol. The van der Waals surface area contributed by atoms with Gasteiger partial charge in [0.2, 0.25) is 11.9 Å². The molecule has 6 nitrogen and oxygen atoms in total. The van der Waals surface area contributed by atoms with E-state index in [1.165, 1.54) is 11.1 Å². The molecule has 3 rings (SSSR count). The van der Waals surface area contributed by atoms with Crippen molar-refractivity contribution in [1.29, 1.82) is 0 Å². The van der Waals surface area contributed by atoms with Crippen molar-refractivity contribution >= 4 is 29.2 Å². The molecule has 0 amide bonds.